The van der Waals surface area contributed by atoms with Crippen molar-refractivity contribution in [3.8, 4) is 5.75 Å². The fraction of sp³-hybridized carbons (Fsp3) is 0.500. The molecule has 104 valence electrons. The number of halogens is 1. The summed E-state index contributed by atoms with van der Waals surface area (Å²) in [5.74, 6) is -0.0841. The van der Waals surface area contributed by atoms with E-state index in [1.54, 1.807) is 6.07 Å². The first-order chi connectivity index (χ1) is 9.04. The summed E-state index contributed by atoms with van der Waals surface area (Å²) in [5, 5.41) is 2.72. The molecule has 2 unspecified atom stereocenters. The molecule has 19 heavy (non-hydrogen) atoms. The lowest BCUT2D eigenvalue weighted by Gasteiger charge is -2.20. The maximum absolute atomic E-state index is 14.1. The van der Waals surface area contributed by atoms with Crippen molar-refractivity contribution in [3.05, 3.63) is 29.1 Å². The summed E-state index contributed by atoms with van der Waals surface area (Å²) in [6, 6.07) is 2.81. The average Bonchev–Trinajstić information content (AvgIpc) is 2.76. The van der Waals surface area contributed by atoms with E-state index in [2.05, 4.69) is 5.32 Å². The summed E-state index contributed by atoms with van der Waals surface area (Å²) in [6.07, 6.45) is 0.291. The number of ether oxygens (including phenoxy) is 1. The third-order valence-electron chi connectivity index (χ3n) is 3.34. The van der Waals surface area contributed by atoms with Gasteiger partial charge in [-0.25, -0.2) is 4.39 Å². The Balaban J connectivity index is 2.50. The fourth-order valence-corrected chi connectivity index (χ4v) is 2.45. The largest absolute Gasteiger partial charge is 0.493 e. The zero-order chi connectivity index (χ0) is 14.0. The molecule has 0 radical (unpaired) electrons. The van der Waals surface area contributed by atoms with E-state index in [4.69, 9.17) is 10.5 Å². The first kappa shape index (κ1) is 13.8. The number of nitrogens with two attached hydrogens (primary N) is 1. The van der Waals surface area contributed by atoms with Crippen molar-refractivity contribution in [2.75, 3.05) is 13.2 Å². The number of amides is 1. The number of rotatable bonds is 4. The summed E-state index contributed by atoms with van der Waals surface area (Å²) in [7, 11) is 0. The van der Waals surface area contributed by atoms with Gasteiger partial charge in [-0.05, 0) is 19.9 Å². The van der Waals surface area contributed by atoms with E-state index in [9.17, 15) is 9.18 Å². The summed E-state index contributed by atoms with van der Waals surface area (Å²) >= 11 is 0. The smallest absolute Gasteiger partial charge is 0.220 e. The molecule has 0 bridgehead atoms. The lowest BCUT2D eigenvalue weighted by molar-refractivity contribution is -0.119. The van der Waals surface area contributed by atoms with Crippen LogP contribution in [-0.2, 0) is 4.79 Å². The Kier molecular flexibility index (Phi) is 4.04. The second-order valence-corrected chi connectivity index (χ2v) is 4.81. The Hall–Kier alpha value is -1.62. The van der Waals surface area contributed by atoms with Crippen molar-refractivity contribution in [2.45, 2.75) is 32.2 Å². The molecule has 3 N–H and O–H groups in total. The SMILES string of the molecule is CCOc1c(C(C)N)ccc(F)c1C1CNC(=O)C1. The van der Waals surface area contributed by atoms with Gasteiger partial charge in [-0.2, -0.15) is 0 Å². The van der Waals surface area contributed by atoms with Gasteiger partial charge < -0.3 is 15.8 Å². The van der Waals surface area contributed by atoms with Crippen molar-refractivity contribution in [1.82, 2.24) is 5.32 Å². The molecule has 1 aliphatic rings. The highest BCUT2D eigenvalue weighted by molar-refractivity contribution is 5.79. The monoisotopic (exact) mass is 266 g/mol. The van der Waals surface area contributed by atoms with Gasteiger partial charge in [0, 0.05) is 36.1 Å². The molecule has 1 aromatic rings. The molecule has 4 nitrogen and oxygen atoms in total. The van der Waals surface area contributed by atoms with Gasteiger partial charge in [-0.15, -0.1) is 0 Å². The molecule has 0 spiro atoms. The van der Waals surface area contributed by atoms with Crippen LogP contribution < -0.4 is 15.8 Å². The van der Waals surface area contributed by atoms with Crippen LogP contribution in [0.3, 0.4) is 0 Å². The maximum Gasteiger partial charge on any atom is 0.220 e. The van der Waals surface area contributed by atoms with Crippen LogP contribution in [0.5, 0.6) is 5.75 Å². The minimum absolute atomic E-state index is 0.0574. The van der Waals surface area contributed by atoms with Gasteiger partial charge in [0.25, 0.3) is 0 Å². The van der Waals surface area contributed by atoms with Crippen LogP contribution in [0.15, 0.2) is 12.1 Å². The van der Waals surface area contributed by atoms with Crippen LogP contribution in [0.1, 0.15) is 43.4 Å². The number of nitrogens with one attached hydrogen (secondary N) is 1. The van der Waals surface area contributed by atoms with Crippen molar-refractivity contribution >= 4 is 5.91 Å². The topological polar surface area (TPSA) is 64.3 Å². The number of carbonyl (C=O) groups is 1. The first-order valence-electron chi connectivity index (χ1n) is 6.52. The van der Waals surface area contributed by atoms with Crippen LogP contribution in [0, 0.1) is 5.82 Å². The standard InChI is InChI=1S/C14H19FN2O2/c1-3-19-14-10(8(2)16)4-5-11(15)13(14)9-6-12(18)17-7-9/h4-5,8-9H,3,6-7,16H2,1-2H3,(H,17,18). The van der Waals surface area contributed by atoms with Crippen LogP contribution >= 0.6 is 0 Å². The summed E-state index contributed by atoms with van der Waals surface area (Å²) in [4.78, 5) is 11.3. The highest BCUT2D eigenvalue weighted by Crippen LogP contribution is 2.38. The Morgan fingerprint density at radius 2 is 2.32 bits per heavy atom. The average molecular weight is 266 g/mol. The fourth-order valence-electron chi connectivity index (χ4n) is 2.45. The Morgan fingerprint density at radius 1 is 1.58 bits per heavy atom. The molecule has 0 saturated carbocycles. The maximum atomic E-state index is 14.1. The number of hydrogen-bond donors (Lipinski definition) is 2. The highest BCUT2D eigenvalue weighted by Gasteiger charge is 2.30. The van der Waals surface area contributed by atoms with Gasteiger partial charge in [-0.3, -0.25) is 4.79 Å². The van der Waals surface area contributed by atoms with E-state index >= 15 is 0 Å². The second-order valence-electron chi connectivity index (χ2n) is 4.81. The number of carbonyl (C=O) groups excluding carboxylic acids is 1. The van der Waals surface area contributed by atoms with Crippen LogP contribution in [0.2, 0.25) is 0 Å². The van der Waals surface area contributed by atoms with Gasteiger partial charge in [0.15, 0.2) is 0 Å². The predicted octanol–water partition coefficient (Wildman–Crippen LogP) is 1.85. The molecule has 2 atom stereocenters. The Bertz CT molecular complexity index is 489. The van der Waals surface area contributed by atoms with E-state index < -0.39 is 0 Å². The molecule has 1 fully saturated rings. The first-order valence-corrected chi connectivity index (χ1v) is 6.52. The van der Waals surface area contributed by atoms with E-state index in [1.807, 2.05) is 13.8 Å². The number of hydrogen-bond acceptors (Lipinski definition) is 3. The Morgan fingerprint density at radius 3 is 2.84 bits per heavy atom. The predicted molar refractivity (Wildman–Crippen MR) is 70.5 cm³/mol. The Labute approximate surface area is 112 Å². The van der Waals surface area contributed by atoms with E-state index in [0.717, 1.165) is 5.56 Å². The van der Waals surface area contributed by atoms with Gasteiger partial charge in [0.1, 0.15) is 11.6 Å². The summed E-state index contributed by atoms with van der Waals surface area (Å²) < 4.78 is 19.7. The van der Waals surface area contributed by atoms with Crippen LogP contribution in [0.25, 0.3) is 0 Å². The zero-order valence-electron chi connectivity index (χ0n) is 11.2. The normalized spacial score (nSPS) is 20.2. The van der Waals surface area contributed by atoms with Crippen molar-refractivity contribution < 1.29 is 13.9 Å². The zero-order valence-corrected chi connectivity index (χ0v) is 11.2. The lowest BCUT2D eigenvalue weighted by atomic mass is 9.92. The molecule has 0 aromatic heterocycles. The quantitative estimate of drug-likeness (QED) is 0.874. The van der Waals surface area contributed by atoms with Crippen molar-refractivity contribution in [3.63, 3.8) is 0 Å². The van der Waals surface area contributed by atoms with Gasteiger partial charge in [0.05, 0.1) is 6.61 Å². The molecule has 1 aliphatic heterocycles. The van der Waals surface area contributed by atoms with Gasteiger partial charge >= 0.3 is 0 Å². The van der Waals surface area contributed by atoms with E-state index in [-0.39, 0.29) is 23.7 Å². The highest BCUT2D eigenvalue weighted by atomic mass is 19.1. The molecular weight excluding hydrogens is 247 g/mol. The van der Waals surface area contributed by atoms with Crippen LogP contribution in [0.4, 0.5) is 4.39 Å². The van der Waals surface area contributed by atoms with Gasteiger partial charge in [-0.1, -0.05) is 6.07 Å². The van der Waals surface area contributed by atoms with E-state index in [1.165, 1.54) is 6.07 Å². The lowest BCUT2D eigenvalue weighted by Crippen LogP contribution is -2.15. The van der Waals surface area contributed by atoms with Crippen molar-refractivity contribution in [2.24, 2.45) is 5.73 Å². The molecule has 0 aliphatic carbocycles. The van der Waals surface area contributed by atoms with Crippen molar-refractivity contribution in [1.29, 1.82) is 0 Å². The van der Waals surface area contributed by atoms with Gasteiger partial charge in [0.2, 0.25) is 5.91 Å². The second kappa shape index (κ2) is 5.57. The molecule has 1 amide bonds. The molecule has 2 rings (SSSR count). The summed E-state index contributed by atoms with van der Waals surface area (Å²) in [6.45, 7) is 4.55. The minimum Gasteiger partial charge on any atom is -0.493 e. The minimum atomic E-state index is -0.339. The molecule has 5 heteroatoms. The molecule has 1 heterocycles. The summed E-state index contributed by atoms with van der Waals surface area (Å²) in [5.41, 5.74) is 7.15. The molecular formula is C14H19FN2O2. The third-order valence-corrected chi connectivity index (χ3v) is 3.34. The van der Waals surface area contributed by atoms with E-state index in [0.29, 0.717) is 30.9 Å². The van der Waals surface area contributed by atoms with Crippen LogP contribution in [-0.4, -0.2) is 19.1 Å². The number of benzene rings is 1. The third kappa shape index (κ3) is 2.71. The molecule has 1 saturated heterocycles. The molecule has 1 aromatic carbocycles.